The van der Waals surface area contributed by atoms with Crippen molar-refractivity contribution in [2.24, 2.45) is 7.05 Å². The van der Waals surface area contributed by atoms with Gasteiger partial charge in [-0.2, -0.15) is 0 Å². The van der Waals surface area contributed by atoms with Crippen LogP contribution >= 0.6 is 22.9 Å². The van der Waals surface area contributed by atoms with Crippen molar-refractivity contribution in [2.75, 3.05) is 5.32 Å². The fourth-order valence-corrected chi connectivity index (χ4v) is 3.25. The molecule has 1 N–H and O–H groups in total. The molecule has 0 aliphatic rings. The van der Waals surface area contributed by atoms with E-state index in [0.29, 0.717) is 10.7 Å². The Morgan fingerprint density at radius 3 is 2.68 bits per heavy atom. The average molecular weight is 333 g/mol. The van der Waals surface area contributed by atoms with Gasteiger partial charge in [0.1, 0.15) is 0 Å². The van der Waals surface area contributed by atoms with E-state index in [1.165, 1.54) is 11.3 Å². The molecule has 1 amide bonds. The van der Waals surface area contributed by atoms with Crippen molar-refractivity contribution in [3.8, 4) is 0 Å². The molecule has 3 rings (SSSR count). The lowest BCUT2D eigenvalue weighted by atomic mass is 10.1. The molecule has 1 heterocycles. The molecule has 0 radical (unpaired) electrons. The molecule has 0 aliphatic heterocycles. The summed E-state index contributed by atoms with van der Waals surface area (Å²) in [7, 11) is 1.74. The number of nitrogens with zero attached hydrogens (tertiary/aromatic N) is 1. The first-order valence-electron chi connectivity index (χ1n) is 6.67. The van der Waals surface area contributed by atoms with Crippen LogP contribution in [0.3, 0.4) is 0 Å². The predicted octanol–water partition coefficient (Wildman–Crippen LogP) is 3.43. The summed E-state index contributed by atoms with van der Waals surface area (Å²) >= 11 is 6.99. The first kappa shape index (κ1) is 14.8. The fraction of sp³-hybridized carbons (Fsp3) is 0.125. The maximum atomic E-state index is 12.1. The van der Waals surface area contributed by atoms with Gasteiger partial charge in [0.25, 0.3) is 0 Å². The smallest absolute Gasteiger partial charge is 0.307 e. The third kappa shape index (κ3) is 3.05. The number of carbonyl (C=O) groups excluding carboxylic acids is 1. The molecule has 4 nitrogen and oxygen atoms in total. The van der Waals surface area contributed by atoms with Gasteiger partial charge in [0.2, 0.25) is 5.91 Å². The number of amides is 1. The Morgan fingerprint density at radius 2 is 1.95 bits per heavy atom. The van der Waals surface area contributed by atoms with Crippen LogP contribution in [-0.4, -0.2) is 10.5 Å². The minimum absolute atomic E-state index is 0.0142. The van der Waals surface area contributed by atoms with Crippen LogP contribution in [0.15, 0.2) is 47.3 Å². The zero-order chi connectivity index (χ0) is 15.7. The molecule has 0 atom stereocenters. The number of nitrogens with one attached hydrogen (secondary N) is 1. The maximum Gasteiger partial charge on any atom is 0.307 e. The Hall–Kier alpha value is -2.11. The SMILES string of the molecule is Cn1c(=O)sc2cc(NC(=O)Cc3ccc(Cl)cc3)ccc21. The summed E-state index contributed by atoms with van der Waals surface area (Å²) in [5.74, 6) is -0.107. The van der Waals surface area contributed by atoms with E-state index in [9.17, 15) is 9.59 Å². The number of rotatable bonds is 3. The van der Waals surface area contributed by atoms with E-state index >= 15 is 0 Å². The van der Waals surface area contributed by atoms with E-state index in [-0.39, 0.29) is 17.2 Å². The van der Waals surface area contributed by atoms with Crippen molar-refractivity contribution in [1.82, 2.24) is 4.57 Å². The van der Waals surface area contributed by atoms with Crippen molar-refractivity contribution in [2.45, 2.75) is 6.42 Å². The Balaban J connectivity index is 1.76. The maximum absolute atomic E-state index is 12.1. The van der Waals surface area contributed by atoms with E-state index < -0.39 is 0 Å². The first-order chi connectivity index (χ1) is 10.5. The molecule has 0 saturated carbocycles. The third-order valence-corrected chi connectivity index (χ3v) is 4.60. The van der Waals surface area contributed by atoms with Gasteiger partial charge >= 0.3 is 4.87 Å². The van der Waals surface area contributed by atoms with Gasteiger partial charge in [-0.1, -0.05) is 35.1 Å². The highest BCUT2D eigenvalue weighted by atomic mass is 35.5. The second kappa shape index (κ2) is 5.94. The summed E-state index contributed by atoms with van der Waals surface area (Å²) in [4.78, 5) is 23.7. The lowest BCUT2D eigenvalue weighted by molar-refractivity contribution is -0.115. The van der Waals surface area contributed by atoms with Crippen LogP contribution in [0.5, 0.6) is 0 Å². The summed E-state index contributed by atoms with van der Waals surface area (Å²) in [5, 5.41) is 3.50. The summed E-state index contributed by atoms with van der Waals surface area (Å²) in [6.45, 7) is 0. The highest BCUT2D eigenvalue weighted by Crippen LogP contribution is 2.21. The van der Waals surface area contributed by atoms with Gasteiger partial charge in [0, 0.05) is 17.8 Å². The molecule has 112 valence electrons. The molecule has 2 aromatic carbocycles. The average Bonchev–Trinajstić information content (AvgIpc) is 2.76. The zero-order valence-corrected chi connectivity index (χ0v) is 13.4. The van der Waals surface area contributed by atoms with Crippen LogP contribution in [0.4, 0.5) is 5.69 Å². The Bertz CT molecular complexity index is 897. The molecule has 6 heteroatoms. The van der Waals surface area contributed by atoms with E-state index in [0.717, 1.165) is 15.8 Å². The van der Waals surface area contributed by atoms with Crippen molar-refractivity contribution < 1.29 is 4.79 Å². The molecule has 0 saturated heterocycles. The van der Waals surface area contributed by atoms with Crippen LogP contribution in [0.25, 0.3) is 10.2 Å². The summed E-state index contributed by atoms with van der Waals surface area (Å²) in [5.41, 5.74) is 2.45. The highest BCUT2D eigenvalue weighted by Gasteiger charge is 2.08. The van der Waals surface area contributed by atoms with E-state index in [2.05, 4.69) is 5.32 Å². The molecule has 0 aliphatic carbocycles. The number of hydrogen-bond donors (Lipinski definition) is 1. The van der Waals surface area contributed by atoms with Gasteiger partial charge in [0.05, 0.1) is 16.6 Å². The number of aryl methyl sites for hydroxylation is 1. The van der Waals surface area contributed by atoms with Gasteiger partial charge in [-0.15, -0.1) is 0 Å². The van der Waals surface area contributed by atoms with E-state index in [1.54, 1.807) is 29.8 Å². The number of aromatic nitrogens is 1. The Morgan fingerprint density at radius 1 is 1.23 bits per heavy atom. The van der Waals surface area contributed by atoms with Gasteiger partial charge < -0.3 is 9.88 Å². The molecule has 0 fully saturated rings. The minimum Gasteiger partial charge on any atom is -0.326 e. The third-order valence-electron chi connectivity index (χ3n) is 3.35. The number of halogens is 1. The van der Waals surface area contributed by atoms with Crippen molar-refractivity contribution in [1.29, 1.82) is 0 Å². The van der Waals surface area contributed by atoms with Crippen molar-refractivity contribution in [3.63, 3.8) is 0 Å². The Kier molecular flexibility index (Phi) is 4.00. The molecule has 0 bridgehead atoms. The Labute approximate surface area is 136 Å². The largest absolute Gasteiger partial charge is 0.326 e. The second-order valence-electron chi connectivity index (χ2n) is 4.96. The van der Waals surface area contributed by atoms with Crippen LogP contribution in [0.1, 0.15) is 5.56 Å². The molecular weight excluding hydrogens is 320 g/mol. The lowest BCUT2D eigenvalue weighted by Gasteiger charge is -2.06. The monoisotopic (exact) mass is 332 g/mol. The number of thiazole rings is 1. The van der Waals surface area contributed by atoms with Gasteiger partial charge in [-0.25, -0.2) is 0 Å². The predicted molar refractivity (Wildman–Crippen MR) is 90.9 cm³/mol. The number of hydrogen-bond acceptors (Lipinski definition) is 3. The normalized spacial score (nSPS) is 10.8. The number of fused-ring (bicyclic) bond motifs is 1. The van der Waals surface area contributed by atoms with Crippen LogP contribution < -0.4 is 10.2 Å². The zero-order valence-electron chi connectivity index (χ0n) is 11.8. The summed E-state index contributed by atoms with van der Waals surface area (Å²) in [6, 6.07) is 12.6. The molecule has 3 aromatic rings. The van der Waals surface area contributed by atoms with Gasteiger partial charge in [-0.05, 0) is 35.9 Å². The number of anilines is 1. The van der Waals surface area contributed by atoms with E-state index in [1.807, 2.05) is 24.3 Å². The standard InChI is InChI=1S/C16H13ClN2O2S/c1-19-13-7-6-12(9-14(13)22-16(19)21)18-15(20)8-10-2-4-11(17)5-3-10/h2-7,9H,8H2,1H3,(H,18,20). The quantitative estimate of drug-likeness (QED) is 0.798. The van der Waals surface area contributed by atoms with Crippen LogP contribution in [0, 0.1) is 0 Å². The second-order valence-corrected chi connectivity index (χ2v) is 6.39. The van der Waals surface area contributed by atoms with Gasteiger partial charge in [-0.3, -0.25) is 9.59 Å². The van der Waals surface area contributed by atoms with Crippen molar-refractivity contribution >= 4 is 44.7 Å². The number of carbonyl (C=O) groups is 1. The fourth-order valence-electron chi connectivity index (χ4n) is 2.20. The molecule has 22 heavy (non-hydrogen) atoms. The number of benzene rings is 2. The molecular formula is C16H13ClN2O2S. The first-order valence-corrected chi connectivity index (χ1v) is 7.86. The highest BCUT2D eigenvalue weighted by molar-refractivity contribution is 7.16. The lowest BCUT2D eigenvalue weighted by Crippen LogP contribution is -2.14. The topological polar surface area (TPSA) is 51.1 Å². The minimum atomic E-state index is -0.107. The van der Waals surface area contributed by atoms with Crippen molar-refractivity contribution in [3.05, 3.63) is 62.7 Å². The van der Waals surface area contributed by atoms with Gasteiger partial charge in [0.15, 0.2) is 0 Å². The molecule has 0 unspecified atom stereocenters. The van der Waals surface area contributed by atoms with E-state index in [4.69, 9.17) is 11.6 Å². The molecule has 0 spiro atoms. The molecule has 1 aromatic heterocycles. The van der Waals surface area contributed by atoms with Crippen LogP contribution in [0.2, 0.25) is 5.02 Å². The summed E-state index contributed by atoms with van der Waals surface area (Å²) in [6.07, 6.45) is 0.278. The van der Waals surface area contributed by atoms with Crippen LogP contribution in [-0.2, 0) is 18.3 Å². The summed E-state index contributed by atoms with van der Waals surface area (Å²) < 4.78 is 2.45.